The molecule has 104 valence electrons. The lowest BCUT2D eigenvalue weighted by Gasteiger charge is -2.25. The van der Waals surface area contributed by atoms with Crippen LogP contribution in [-0.4, -0.2) is 20.5 Å². The van der Waals surface area contributed by atoms with Gasteiger partial charge in [0.05, 0.1) is 10.5 Å². The minimum absolute atomic E-state index is 0.0367. The van der Waals surface area contributed by atoms with E-state index in [1.807, 2.05) is 0 Å². The number of sulfonamides is 1. The third-order valence-corrected chi connectivity index (χ3v) is 4.41. The molecule has 5 nitrogen and oxygen atoms in total. The van der Waals surface area contributed by atoms with E-state index in [1.165, 1.54) is 12.1 Å². The summed E-state index contributed by atoms with van der Waals surface area (Å²) in [5.74, 6) is -0.476. The van der Waals surface area contributed by atoms with Gasteiger partial charge in [0.25, 0.3) is 0 Å². The first kappa shape index (κ1) is 14.0. The quantitative estimate of drug-likeness (QED) is 0.855. The molecule has 19 heavy (non-hydrogen) atoms. The molecule has 0 atom stereocenters. The molecule has 0 aliphatic heterocycles. The molecule has 0 amide bonds. The summed E-state index contributed by atoms with van der Waals surface area (Å²) in [5.41, 5.74) is 1.69. The Morgan fingerprint density at radius 2 is 1.95 bits per heavy atom. The van der Waals surface area contributed by atoms with Gasteiger partial charge in [-0.2, -0.15) is 0 Å². The smallest absolute Gasteiger partial charge is 0.338 e. The van der Waals surface area contributed by atoms with Crippen molar-refractivity contribution in [3.05, 3.63) is 28.8 Å². The zero-order valence-corrected chi connectivity index (χ0v) is 11.8. The summed E-state index contributed by atoms with van der Waals surface area (Å²) in [4.78, 5) is 12.0. The van der Waals surface area contributed by atoms with Gasteiger partial charge < -0.3 is 4.74 Å². The molecule has 0 aromatic heterocycles. The average molecular weight is 283 g/mol. The number of benzene rings is 1. The molecule has 1 aromatic rings. The molecule has 1 aliphatic rings. The van der Waals surface area contributed by atoms with E-state index in [0.29, 0.717) is 5.56 Å². The average Bonchev–Trinajstić information content (AvgIpc) is 2.25. The van der Waals surface area contributed by atoms with E-state index in [1.54, 1.807) is 13.8 Å². The molecular weight excluding hydrogens is 266 g/mol. The molecule has 0 heterocycles. The van der Waals surface area contributed by atoms with Crippen molar-refractivity contribution in [2.45, 2.75) is 44.1 Å². The monoisotopic (exact) mass is 283 g/mol. The van der Waals surface area contributed by atoms with E-state index in [4.69, 9.17) is 9.88 Å². The van der Waals surface area contributed by atoms with Gasteiger partial charge in [-0.3, -0.25) is 0 Å². The first-order valence-corrected chi connectivity index (χ1v) is 7.68. The highest BCUT2D eigenvalue weighted by Crippen LogP contribution is 2.25. The standard InChI is InChI=1S/C13H17NO4S/c1-8-6-11(19(14,16)17)7-12(9(8)2)13(15)18-10-4-3-5-10/h6-7,10H,3-5H2,1-2H3,(H2,14,16,17). The van der Waals surface area contributed by atoms with Gasteiger partial charge in [-0.1, -0.05) is 0 Å². The van der Waals surface area contributed by atoms with Crippen LogP contribution < -0.4 is 5.14 Å². The highest BCUT2D eigenvalue weighted by atomic mass is 32.2. The van der Waals surface area contributed by atoms with E-state index in [2.05, 4.69) is 0 Å². The van der Waals surface area contributed by atoms with Gasteiger partial charge in [0, 0.05) is 0 Å². The van der Waals surface area contributed by atoms with Crippen LogP contribution in [0.5, 0.6) is 0 Å². The van der Waals surface area contributed by atoms with Gasteiger partial charge >= 0.3 is 5.97 Å². The Kier molecular flexibility index (Phi) is 3.64. The minimum atomic E-state index is -3.83. The molecule has 2 N–H and O–H groups in total. The fraction of sp³-hybridized carbons (Fsp3) is 0.462. The molecule has 2 rings (SSSR count). The molecule has 1 aliphatic carbocycles. The molecule has 6 heteroatoms. The van der Waals surface area contributed by atoms with Crippen LogP contribution in [0.1, 0.15) is 40.7 Å². The van der Waals surface area contributed by atoms with Crippen molar-refractivity contribution in [2.75, 3.05) is 0 Å². The van der Waals surface area contributed by atoms with Crippen molar-refractivity contribution in [3.63, 3.8) is 0 Å². The highest BCUT2D eigenvalue weighted by Gasteiger charge is 2.24. The molecule has 1 fully saturated rings. The number of ether oxygens (including phenoxy) is 1. The molecule has 0 spiro atoms. The summed E-state index contributed by atoms with van der Waals surface area (Å²) < 4.78 is 28.1. The van der Waals surface area contributed by atoms with Crippen LogP contribution in [0.25, 0.3) is 0 Å². The van der Waals surface area contributed by atoms with Crippen LogP contribution in [0.15, 0.2) is 17.0 Å². The normalized spacial score (nSPS) is 15.9. The lowest BCUT2D eigenvalue weighted by Crippen LogP contribution is -2.25. The molecule has 0 saturated heterocycles. The van der Waals surface area contributed by atoms with E-state index < -0.39 is 16.0 Å². The second kappa shape index (κ2) is 4.94. The number of carbonyl (C=O) groups excluding carboxylic acids is 1. The zero-order chi connectivity index (χ0) is 14.2. The number of aryl methyl sites for hydroxylation is 1. The molecule has 0 radical (unpaired) electrons. The zero-order valence-electron chi connectivity index (χ0n) is 11.0. The lowest BCUT2D eigenvalue weighted by molar-refractivity contribution is 0.00889. The Morgan fingerprint density at radius 3 is 2.42 bits per heavy atom. The molecule has 0 unspecified atom stereocenters. The van der Waals surface area contributed by atoms with Crippen LogP contribution in [0, 0.1) is 13.8 Å². The Labute approximate surface area is 112 Å². The number of carbonyl (C=O) groups is 1. The van der Waals surface area contributed by atoms with Gasteiger partial charge in [-0.15, -0.1) is 0 Å². The van der Waals surface area contributed by atoms with Crippen LogP contribution in [0.2, 0.25) is 0 Å². The van der Waals surface area contributed by atoms with Gasteiger partial charge in [-0.05, 0) is 56.4 Å². The first-order chi connectivity index (χ1) is 8.79. The van der Waals surface area contributed by atoms with Crippen molar-refractivity contribution in [1.82, 2.24) is 0 Å². The topological polar surface area (TPSA) is 86.5 Å². The van der Waals surface area contributed by atoms with Gasteiger partial charge in [-0.25, -0.2) is 18.4 Å². The molecule has 1 aromatic carbocycles. The third-order valence-electron chi connectivity index (χ3n) is 3.52. The second-order valence-electron chi connectivity index (χ2n) is 4.92. The fourth-order valence-corrected chi connectivity index (χ4v) is 2.53. The van der Waals surface area contributed by atoms with E-state index in [0.717, 1.165) is 24.8 Å². The van der Waals surface area contributed by atoms with Crippen molar-refractivity contribution >= 4 is 16.0 Å². The summed E-state index contributed by atoms with van der Waals surface area (Å²) >= 11 is 0. The maximum Gasteiger partial charge on any atom is 0.338 e. The largest absolute Gasteiger partial charge is 0.459 e. The Balaban J connectivity index is 2.37. The Hall–Kier alpha value is -1.40. The van der Waals surface area contributed by atoms with Gasteiger partial charge in [0.1, 0.15) is 6.10 Å². The van der Waals surface area contributed by atoms with Crippen LogP contribution >= 0.6 is 0 Å². The van der Waals surface area contributed by atoms with Crippen LogP contribution in [-0.2, 0) is 14.8 Å². The minimum Gasteiger partial charge on any atom is -0.459 e. The van der Waals surface area contributed by atoms with Crippen molar-refractivity contribution in [3.8, 4) is 0 Å². The number of hydrogen-bond donors (Lipinski definition) is 1. The predicted molar refractivity (Wildman–Crippen MR) is 70.3 cm³/mol. The maximum atomic E-state index is 12.0. The maximum absolute atomic E-state index is 12.0. The van der Waals surface area contributed by atoms with Gasteiger partial charge in [0.2, 0.25) is 10.0 Å². The third kappa shape index (κ3) is 2.96. The predicted octanol–water partition coefficient (Wildman–Crippen LogP) is 1.66. The van der Waals surface area contributed by atoms with Crippen molar-refractivity contribution < 1.29 is 17.9 Å². The first-order valence-electron chi connectivity index (χ1n) is 6.14. The van der Waals surface area contributed by atoms with Crippen molar-refractivity contribution in [2.24, 2.45) is 5.14 Å². The number of hydrogen-bond acceptors (Lipinski definition) is 4. The summed E-state index contributed by atoms with van der Waals surface area (Å²) in [5, 5.41) is 5.10. The summed E-state index contributed by atoms with van der Waals surface area (Å²) in [6.07, 6.45) is 2.77. The van der Waals surface area contributed by atoms with E-state index in [-0.39, 0.29) is 16.6 Å². The number of primary sulfonamides is 1. The SMILES string of the molecule is Cc1cc(S(N)(=O)=O)cc(C(=O)OC2CCC2)c1C. The summed E-state index contributed by atoms with van der Waals surface area (Å²) in [7, 11) is -3.83. The number of rotatable bonds is 3. The summed E-state index contributed by atoms with van der Waals surface area (Å²) in [6.45, 7) is 3.50. The molecule has 0 bridgehead atoms. The van der Waals surface area contributed by atoms with E-state index in [9.17, 15) is 13.2 Å². The Bertz CT molecular complexity index is 618. The fourth-order valence-electron chi connectivity index (χ4n) is 1.91. The molecule has 1 saturated carbocycles. The van der Waals surface area contributed by atoms with Crippen LogP contribution in [0.4, 0.5) is 0 Å². The van der Waals surface area contributed by atoms with E-state index >= 15 is 0 Å². The second-order valence-corrected chi connectivity index (χ2v) is 6.48. The number of esters is 1. The molecular formula is C13H17NO4S. The summed E-state index contributed by atoms with van der Waals surface area (Å²) in [6, 6.07) is 2.75. The van der Waals surface area contributed by atoms with Crippen LogP contribution in [0.3, 0.4) is 0 Å². The number of nitrogens with two attached hydrogens (primary N) is 1. The van der Waals surface area contributed by atoms with Crippen molar-refractivity contribution in [1.29, 1.82) is 0 Å². The Morgan fingerprint density at radius 1 is 1.32 bits per heavy atom. The highest BCUT2D eigenvalue weighted by molar-refractivity contribution is 7.89. The van der Waals surface area contributed by atoms with Gasteiger partial charge in [0.15, 0.2) is 0 Å². The lowest BCUT2D eigenvalue weighted by atomic mass is 9.96.